The molecule has 3 aliphatic heterocycles. The zero-order valence-electron chi connectivity index (χ0n) is 21.0. The Balaban J connectivity index is 1.21. The van der Waals surface area contributed by atoms with Crippen molar-refractivity contribution in [3.05, 3.63) is 48.5 Å². The van der Waals surface area contributed by atoms with Gasteiger partial charge in [-0.2, -0.15) is 0 Å². The predicted octanol–water partition coefficient (Wildman–Crippen LogP) is 3.40. The second-order valence-corrected chi connectivity index (χ2v) is 9.92. The van der Waals surface area contributed by atoms with E-state index in [2.05, 4.69) is 25.2 Å². The summed E-state index contributed by atoms with van der Waals surface area (Å²) in [6.07, 6.45) is 3.81. The number of aryl methyl sites for hydroxylation is 1. The number of nitrogens with one attached hydrogen (secondary N) is 1. The molecule has 0 spiro atoms. The Bertz CT molecular complexity index is 1330. The van der Waals surface area contributed by atoms with Gasteiger partial charge < -0.3 is 19.1 Å². The summed E-state index contributed by atoms with van der Waals surface area (Å²) in [5.41, 5.74) is 3.62. The van der Waals surface area contributed by atoms with Gasteiger partial charge in [-0.15, -0.1) is 0 Å². The summed E-state index contributed by atoms with van der Waals surface area (Å²) in [4.78, 5) is 35.2. The van der Waals surface area contributed by atoms with Crippen LogP contribution in [0.25, 0.3) is 11.3 Å². The van der Waals surface area contributed by atoms with E-state index in [0.717, 1.165) is 42.1 Å². The van der Waals surface area contributed by atoms with E-state index >= 15 is 0 Å². The standard InChI is InChI=1S/C26H29N7O4/c1-16-10-17(6-8-27-16)20-4-5-21-24(30-20)33(18-7-9-32(21)12-18)25(34)31-22-11-23(29-15-28-22)35-13-19-14-36-26(2,3)37-19/h4-6,8,10-11,15,18-19H,7,9,12-14H2,1-3H3,(H,28,29,31,34). The minimum atomic E-state index is -0.622. The quantitative estimate of drug-likeness (QED) is 0.559. The summed E-state index contributed by atoms with van der Waals surface area (Å²) in [6.45, 7) is 8.06. The molecule has 6 rings (SSSR count). The van der Waals surface area contributed by atoms with Crippen LogP contribution in [0.5, 0.6) is 5.88 Å². The van der Waals surface area contributed by atoms with Gasteiger partial charge in [-0.3, -0.25) is 15.2 Å². The van der Waals surface area contributed by atoms with Gasteiger partial charge in [-0.05, 0) is 51.5 Å². The highest BCUT2D eigenvalue weighted by atomic mass is 16.7. The van der Waals surface area contributed by atoms with E-state index in [1.165, 1.54) is 6.33 Å². The highest BCUT2D eigenvalue weighted by Gasteiger charge is 2.40. The van der Waals surface area contributed by atoms with Crippen molar-refractivity contribution < 1.29 is 19.0 Å². The summed E-state index contributed by atoms with van der Waals surface area (Å²) in [6, 6.07) is 9.29. The van der Waals surface area contributed by atoms with Gasteiger partial charge in [-0.1, -0.05) is 0 Å². The second-order valence-electron chi connectivity index (χ2n) is 9.92. The van der Waals surface area contributed by atoms with E-state index in [1.54, 1.807) is 17.2 Å². The molecule has 2 atom stereocenters. The monoisotopic (exact) mass is 503 g/mol. The number of hydrogen-bond donors (Lipinski definition) is 1. The van der Waals surface area contributed by atoms with Crippen LogP contribution in [-0.2, 0) is 9.47 Å². The lowest BCUT2D eigenvalue weighted by molar-refractivity contribution is -0.141. The van der Waals surface area contributed by atoms with Crippen LogP contribution < -0.4 is 19.9 Å². The summed E-state index contributed by atoms with van der Waals surface area (Å²) < 4.78 is 17.1. The average Bonchev–Trinajstić information content (AvgIpc) is 3.46. The molecule has 37 heavy (non-hydrogen) atoms. The van der Waals surface area contributed by atoms with Gasteiger partial charge in [0.1, 0.15) is 24.9 Å². The van der Waals surface area contributed by atoms with Crippen molar-refractivity contribution in [3.8, 4) is 17.1 Å². The number of carbonyl (C=O) groups excluding carboxylic acids is 1. The molecule has 2 bridgehead atoms. The first kappa shape index (κ1) is 23.6. The normalized spacial score (nSPS) is 21.6. The number of amides is 2. The maximum atomic E-state index is 13.6. The molecule has 0 aromatic carbocycles. The molecule has 2 saturated heterocycles. The van der Waals surface area contributed by atoms with Gasteiger partial charge in [0.15, 0.2) is 11.6 Å². The van der Waals surface area contributed by atoms with Crippen LogP contribution in [0.3, 0.4) is 0 Å². The van der Waals surface area contributed by atoms with Gasteiger partial charge in [-0.25, -0.2) is 19.7 Å². The molecule has 11 heteroatoms. The number of rotatable bonds is 5. The van der Waals surface area contributed by atoms with Crippen LogP contribution in [0.4, 0.5) is 22.1 Å². The molecule has 3 aromatic heterocycles. The van der Waals surface area contributed by atoms with Crippen molar-refractivity contribution in [3.63, 3.8) is 0 Å². The van der Waals surface area contributed by atoms with E-state index in [4.69, 9.17) is 19.2 Å². The molecule has 3 aliphatic rings. The van der Waals surface area contributed by atoms with E-state index < -0.39 is 5.79 Å². The minimum Gasteiger partial charge on any atom is -0.475 e. The van der Waals surface area contributed by atoms with Crippen molar-refractivity contribution in [2.45, 2.75) is 45.1 Å². The molecule has 1 N–H and O–H groups in total. The number of anilines is 3. The summed E-state index contributed by atoms with van der Waals surface area (Å²) in [5, 5.41) is 2.92. The van der Waals surface area contributed by atoms with Crippen LogP contribution in [0.2, 0.25) is 0 Å². The number of nitrogens with zero attached hydrogens (tertiary/aromatic N) is 6. The Hall–Kier alpha value is -3.83. The highest BCUT2D eigenvalue weighted by Crippen LogP contribution is 2.40. The highest BCUT2D eigenvalue weighted by molar-refractivity contribution is 6.04. The van der Waals surface area contributed by atoms with Crippen molar-refractivity contribution in [1.29, 1.82) is 0 Å². The molecule has 11 nitrogen and oxygen atoms in total. The number of carbonyl (C=O) groups is 1. The molecule has 3 aromatic rings. The maximum Gasteiger partial charge on any atom is 0.329 e. The van der Waals surface area contributed by atoms with Crippen LogP contribution in [-0.4, -0.2) is 70.2 Å². The van der Waals surface area contributed by atoms with Crippen molar-refractivity contribution in [2.24, 2.45) is 0 Å². The Labute approximate surface area is 214 Å². The summed E-state index contributed by atoms with van der Waals surface area (Å²) in [5.74, 6) is 0.716. The van der Waals surface area contributed by atoms with Crippen molar-refractivity contribution in [2.75, 3.05) is 41.4 Å². The molecule has 192 valence electrons. The van der Waals surface area contributed by atoms with E-state index in [1.807, 2.05) is 45.0 Å². The van der Waals surface area contributed by atoms with Crippen molar-refractivity contribution in [1.82, 2.24) is 19.9 Å². The molecule has 0 radical (unpaired) electrons. The third-order valence-corrected chi connectivity index (χ3v) is 6.72. The lowest BCUT2D eigenvalue weighted by Crippen LogP contribution is -2.48. The molecular weight excluding hydrogens is 474 g/mol. The molecule has 0 aliphatic carbocycles. The number of urea groups is 1. The van der Waals surface area contributed by atoms with Gasteiger partial charge in [0.25, 0.3) is 0 Å². The summed E-state index contributed by atoms with van der Waals surface area (Å²) >= 11 is 0. The van der Waals surface area contributed by atoms with Crippen molar-refractivity contribution >= 4 is 23.4 Å². The molecule has 6 heterocycles. The maximum absolute atomic E-state index is 13.6. The predicted molar refractivity (Wildman–Crippen MR) is 137 cm³/mol. The van der Waals surface area contributed by atoms with Crippen LogP contribution in [0, 0.1) is 6.92 Å². The van der Waals surface area contributed by atoms with E-state index in [0.29, 0.717) is 24.1 Å². The number of ether oxygens (including phenoxy) is 3. The minimum absolute atomic E-state index is 0.0230. The third-order valence-electron chi connectivity index (χ3n) is 6.72. The van der Waals surface area contributed by atoms with Crippen LogP contribution >= 0.6 is 0 Å². The fourth-order valence-electron chi connectivity index (χ4n) is 5.02. The van der Waals surface area contributed by atoms with Gasteiger partial charge in [0, 0.05) is 36.6 Å². The first-order chi connectivity index (χ1) is 17.8. The largest absolute Gasteiger partial charge is 0.475 e. The van der Waals surface area contributed by atoms with Gasteiger partial charge in [0.2, 0.25) is 5.88 Å². The zero-order valence-corrected chi connectivity index (χ0v) is 21.0. The van der Waals surface area contributed by atoms with E-state index in [-0.39, 0.29) is 24.8 Å². The first-order valence-electron chi connectivity index (χ1n) is 12.4. The number of hydrogen-bond acceptors (Lipinski definition) is 9. The molecule has 2 amide bonds. The Morgan fingerprint density at radius 1 is 1.22 bits per heavy atom. The Morgan fingerprint density at radius 2 is 2.11 bits per heavy atom. The topological polar surface area (TPSA) is 115 Å². The van der Waals surface area contributed by atoms with Gasteiger partial charge in [0.05, 0.1) is 24.0 Å². The zero-order chi connectivity index (χ0) is 25.6. The Morgan fingerprint density at radius 3 is 2.92 bits per heavy atom. The number of aromatic nitrogens is 4. The summed E-state index contributed by atoms with van der Waals surface area (Å²) in [7, 11) is 0. The van der Waals surface area contributed by atoms with E-state index in [9.17, 15) is 4.79 Å². The van der Waals surface area contributed by atoms with Crippen LogP contribution in [0.15, 0.2) is 42.9 Å². The van der Waals surface area contributed by atoms with Crippen LogP contribution in [0.1, 0.15) is 26.0 Å². The second kappa shape index (κ2) is 9.24. The lowest BCUT2D eigenvalue weighted by Gasteiger charge is -2.35. The smallest absolute Gasteiger partial charge is 0.329 e. The SMILES string of the molecule is Cc1cc(-c2ccc3c(n2)N(C(=O)Nc2cc(OCC4COC(C)(C)O4)ncn2)C2CCN3C2)ccn1. The number of fused-ring (bicyclic) bond motifs is 4. The van der Waals surface area contributed by atoms with Gasteiger partial charge >= 0.3 is 6.03 Å². The number of pyridine rings is 2. The lowest BCUT2D eigenvalue weighted by atomic mass is 10.1. The fourth-order valence-corrected chi connectivity index (χ4v) is 5.02. The molecule has 0 saturated carbocycles. The molecular formula is C26H29N7O4. The first-order valence-corrected chi connectivity index (χ1v) is 12.4. The fraction of sp³-hybridized carbons (Fsp3) is 0.423. The molecule has 2 unspecified atom stereocenters. The Kier molecular flexibility index (Phi) is 5.88. The average molecular weight is 504 g/mol. The third kappa shape index (κ3) is 4.79. The molecule has 2 fully saturated rings.